The topological polar surface area (TPSA) is 6.48 Å². The van der Waals surface area contributed by atoms with E-state index in [9.17, 15) is 0 Å². The van der Waals surface area contributed by atoms with Crippen LogP contribution in [0.2, 0.25) is 0 Å². The third-order valence-corrected chi connectivity index (χ3v) is 5.10. The van der Waals surface area contributed by atoms with Gasteiger partial charge >= 0.3 is 0 Å². The fourth-order valence-electron chi connectivity index (χ4n) is 3.77. The van der Waals surface area contributed by atoms with Gasteiger partial charge in [-0.05, 0) is 31.9 Å². The molecule has 0 atom stereocenters. The van der Waals surface area contributed by atoms with Crippen LogP contribution in [0.25, 0.3) is 0 Å². The van der Waals surface area contributed by atoms with Gasteiger partial charge in [0.05, 0.1) is 0 Å². The average Bonchev–Trinajstić information content (AvgIpc) is 2.49. The number of anilines is 1. The highest BCUT2D eigenvalue weighted by molar-refractivity contribution is 5.46. The van der Waals surface area contributed by atoms with Crippen molar-refractivity contribution in [1.82, 2.24) is 4.90 Å². The smallest absolute Gasteiger partial charge is 0.0367 e. The van der Waals surface area contributed by atoms with Gasteiger partial charge in [-0.15, -0.1) is 0 Å². The molecule has 104 valence electrons. The van der Waals surface area contributed by atoms with Crippen molar-refractivity contribution < 1.29 is 0 Å². The molecule has 1 saturated heterocycles. The lowest BCUT2D eigenvalue weighted by Gasteiger charge is -2.48. The molecule has 0 amide bonds. The van der Waals surface area contributed by atoms with E-state index in [-0.39, 0.29) is 0 Å². The van der Waals surface area contributed by atoms with Crippen LogP contribution in [0.15, 0.2) is 30.3 Å². The fraction of sp³-hybridized carbons (Fsp3) is 0.647. The molecule has 0 spiro atoms. The number of benzene rings is 1. The number of nitrogens with zero attached hydrogens (tertiary/aromatic N) is 2. The number of hydrogen-bond donors (Lipinski definition) is 0. The number of hydrogen-bond acceptors (Lipinski definition) is 2. The second-order valence-corrected chi connectivity index (χ2v) is 6.37. The van der Waals surface area contributed by atoms with Crippen molar-refractivity contribution in [3.8, 4) is 0 Å². The van der Waals surface area contributed by atoms with E-state index in [1.807, 2.05) is 0 Å². The summed E-state index contributed by atoms with van der Waals surface area (Å²) in [5.41, 5.74) is 1.87. The quantitative estimate of drug-likeness (QED) is 0.800. The first-order chi connectivity index (χ1) is 9.28. The van der Waals surface area contributed by atoms with Crippen LogP contribution in [0.5, 0.6) is 0 Å². The molecule has 1 heterocycles. The van der Waals surface area contributed by atoms with E-state index in [0.29, 0.717) is 5.54 Å². The van der Waals surface area contributed by atoms with Crippen molar-refractivity contribution in [3.63, 3.8) is 0 Å². The summed E-state index contributed by atoms with van der Waals surface area (Å²) in [6, 6.07) is 10.9. The van der Waals surface area contributed by atoms with Gasteiger partial charge in [-0.1, -0.05) is 37.5 Å². The van der Waals surface area contributed by atoms with Crippen LogP contribution >= 0.6 is 0 Å². The van der Waals surface area contributed by atoms with E-state index in [2.05, 4.69) is 47.1 Å². The Labute approximate surface area is 117 Å². The summed E-state index contributed by atoms with van der Waals surface area (Å²) in [5, 5.41) is 0. The van der Waals surface area contributed by atoms with Crippen LogP contribution in [-0.2, 0) is 0 Å². The van der Waals surface area contributed by atoms with E-state index < -0.39 is 0 Å². The first-order valence-electron chi connectivity index (χ1n) is 7.83. The highest BCUT2D eigenvalue weighted by atomic mass is 15.3. The molecule has 0 aromatic heterocycles. The second kappa shape index (κ2) is 5.54. The first kappa shape index (κ1) is 13.0. The predicted molar refractivity (Wildman–Crippen MR) is 81.7 cm³/mol. The maximum absolute atomic E-state index is 2.76. The van der Waals surface area contributed by atoms with E-state index in [1.54, 1.807) is 0 Å². The highest BCUT2D eigenvalue weighted by Crippen LogP contribution is 2.34. The van der Waals surface area contributed by atoms with Gasteiger partial charge in [0, 0.05) is 37.4 Å². The Morgan fingerprint density at radius 1 is 0.842 bits per heavy atom. The van der Waals surface area contributed by atoms with Crippen LogP contribution in [-0.4, -0.2) is 36.6 Å². The lowest BCUT2D eigenvalue weighted by Crippen LogP contribution is -2.56. The Balaban J connectivity index is 1.60. The van der Waals surface area contributed by atoms with Crippen LogP contribution in [0.1, 0.15) is 39.0 Å². The summed E-state index contributed by atoms with van der Waals surface area (Å²) in [6.45, 7) is 7.31. The monoisotopic (exact) mass is 258 g/mol. The molecule has 0 radical (unpaired) electrons. The van der Waals surface area contributed by atoms with Gasteiger partial charge in [0.1, 0.15) is 0 Å². The predicted octanol–water partition coefficient (Wildman–Crippen LogP) is 3.53. The summed E-state index contributed by atoms with van der Waals surface area (Å²) in [7, 11) is 0. The van der Waals surface area contributed by atoms with E-state index in [4.69, 9.17) is 0 Å². The summed E-state index contributed by atoms with van der Waals surface area (Å²) in [6.07, 6.45) is 7.10. The lowest BCUT2D eigenvalue weighted by molar-refractivity contribution is 0.0606. The molecule has 0 unspecified atom stereocenters. The SMILES string of the molecule is CC1(N2CCN(c3ccccc3)CC2)CCCCC1. The zero-order chi connectivity index (χ0) is 13.1. The molecule has 1 saturated carbocycles. The highest BCUT2D eigenvalue weighted by Gasteiger charge is 2.34. The molecule has 1 aromatic rings. The Hall–Kier alpha value is -1.02. The Kier molecular flexibility index (Phi) is 3.79. The Morgan fingerprint density at radius 3 is 2.11 bits per heavy atom. The first-order valence-corrected chi connectivity index (χ1v) is 7.83. The Morgan fingerprint density at radius 2 is 1.47 bits per heavy atom. The minimum absolute atomic E-state index is 0.487. The molecule has 2 aliphatic rings. The minimum atomic E-state index is 0.487. The standard InChI is InChI=1S/C17H26N2/c1-17(10-6-3-7-11-17)19-14-12-18(13-15-19)16-8-4-2-5-9-16/h2,4-5,8-9H,3,6-7,10-15H2,1H3. The van der Waals surface area contributed by atoms with Crippen LogP contribution in [0.4, 0.5) is 5.69 Å². The van der Waals surface area contributed by atoms with E-state index >= 15 is 0 Å². The largest absolute Gasteiger partial charge is 0.369 e. The van der Waals surface area contributed by atoms with E-state index in [1.165, 1.54) is 64.0 Å². The zero-order valence-electron chi connectivity index (χ0n) is 12.1. The summed E-state index contributed by atoms with van der Waals surface area (Å²) in [4.78, 5) is 5.29. The Bertz CT molecular complexity index is 387. The maximum Gasteiger partial charge on any atom is 0.0367 e. The third kappa shape index (κ3) is 2.79. The molecule has 1 aliphatic heterocycles. The van der Waals surface area contributed by atoms with Gasteiger partial charge < -0.3 is 4.90 Å². The fourth-order valence-corrected chi connectivity index (χ4v) is 3.77. The van der Waals surface area contributed by atoms with Gasteiger partial charge in [0.15, 0.2) is 0 Å². The summed E-state index contributed by atoms with van der Waals surface area (Å²) < 4.78 is 0. The van der Waals surface area contributed by atoms with Crippen LogP contribution in [0, 0.1) is 0 Å². The molecule has 1 aromatic carbocycles. The zero-order valence-corrected chi connectivity index (χ0v) is 12.1. The maximum atomic E-state index is 2.76. The van der Waals surface area contributed by atoms with Crippen molar-refractivity contribution in [3.05, 3.63) is 30.3 Å². The van der Waals surface area contributed by atoms with Crippen molar-refractivity contribution in [2.24, 2.45) is 0 Å². The molecular weight excluding hydrogens is 232 g/mol. The van der Waals surface area contributed by atoms with Gasteiger partial charge in [-0.2, -0.15) is 0 Å². The van der Waals surface area contributed by atoms with Crippen molar-refractivity contribution >= 4 is 5.69 Å². The molecular formula is C17H26N2. The molecule has 2 nitrogen and oxygen atoms in total. The molecule has 1 aliphatic carbocycles. The van der Waals surface area contributed by atoms with Gasteiger partial charge in [-0.3, -0.25) is 4.90 Å². The molecule has 3 rings (SSSR count). The number of rotatable bonds is 2. The molecule has 0 N–H and O–H groups in total. The summed E-state index contributed by atoms with van der Waals surface area (Å²) >= 11 is 0. The molecule has 19 heavy (non-hydrogen) atoms. The lowest BCUT2D eigenvalue weighted by atomic mass is 9.81. The number of piperazine rings is 1. The van der Waals surface area contributed by atoms with Crippen molar-refractivity contribution in [2.45, 2.75) is 44.6 Å². The van der Waals surface area contributed by atoms with Crippen molar-refractivity contribution in [2.75, 3.05) is 31.1 Å². The molecule has 2 heteroatoms. The van der Waals surface area contributed by atoms with Gasteiger partial charge in [-0.25, -0.2) is 0 Å². The molecule has 0 bridgehead atoms. The van der Waals surface area contributed by atoms with Crippen molar-refractivity contribution in [1.29, 1.82) is 0 Å². The second-order valence-electron chi connectivity index (χ2n) is 6.37. The van der Waals surface area contributed by atoms with Gasteiger partial charge in [0.2, 0.25) is 0 Å². The molecule has 2 fully saturated rings. The van der Waals surface area contributed by atoms with E-state index in [0.717, 1.165) is 0 Å². The average molecular weight is 258 g/mol. The third-order valence-electron chi connectivity index (χ3n) is 5.10. The summed E-state index contributed by atoms with van der Waals surface area (Å²) in [5.74, 6) is 0. The van der Waals surface area contributed by atoms with Gasteiger partial charge in [0.25, 0.3) is 0 Å². The minimum Gasteiger partial charge on any atom is -0.369 e. The number of para-hydroxylation sites is 1. The van der Waals surface area contributed by atoms with Crippen LogP contribution in [0.3, 0.4) is 0 Å². The van der Waals surface area contributed by atoms with Crippen LogP contribution < -0.4 is 4.90 Å². The normalized spacial score (nSPS) is 24.4.